The molecule has 0 radical (unpaired) electrons. The average molecular weight is 468 g/mol. The summed E-state index contributed by atoms with van der Waals surface area (Å²) in [6.07, 6.45) is 1.40. The summed E-state index contributed by atoms with van der Waals surface area (Å²) in [5.74, 6) is -2.70. The van der Waals surface area contributed by atoms with Crippen molar-refractivity contribution < 1.29 is 33.8 Å². The van der Waals surface area contributed by atoms with Crippen molar-refractivity contribution in [3.05, 3.63) is 93.9 Å². The number of carbonyl (C=O) groups is 3. The van der Waals surface area contributed by atoms with Crippen LogP contribution >= 0.6 is 11.6 Å². The van der Waals surface area contributed by atoms with Gasteiger partial charge in [0.1, 0.15) is 23.3 Å². The van der Waals surface area contributed by atoms with Gasteiger partial charge in [-0.15, -0.1) is 0 Å². The molecule has 8 nitrogen and oxygen atoms in total. The fourth-order valence-corrected chi connectivity index (χ4v) is 3.92. The third kappa shape index (κ3) is 4.08. The van der Waals surface area contributed by atoms with Gasteiger partial charge in [-0.25, -0.2) is 4.79 Å². The Balaban J connectivity index is 1.82. The molecule has 1 aliphatic rings. The van der Waals surface area contributed by atoms with E-state index in [1.165, 1.54) is 36.5 Å². The van der Waals surface area contributed by atoms with Crippen molar-refractivity contribution in [3.8, 4) is 5.75 Å². The Morgan fingerprint density at radius 1 is 1.12 bits per heavy atom. The molecule has 0 saturated carbocycles. The molecule has 4 rings (SSSR count). The van der Waals surface area contributed by atoms with Gasteiger partial charge < -0.3 is 24.3 Å². The van der Waals surface area contributed by atoms with Gasteiger partial charge in [0.15, 0.2) is 0 Å². The second-order valence-corrected chi connectivity index (χ2v) is 7.73. The molecule has 2 N–H and O–H groups in total. The van der Waals surface area contributed by atoms with Crippen molar-refractivity contribution in [1.82, 2.24) is 4.90 Å². The third-order valence-electron chi connectivity index (χ3n) is 5.32. The minimum absolute atomic E-state index is 0.0146. The fourth-order valence-electron chi connectivity index (χ4n) is 3.75. The second kappa shape index (κ2) is 8.84. The van der Waals surface area contributed by atoms with Gasteiger partial charge in [-0.3, -0.25) is 9.59 Å². The zero-order chi connectivity index (χ0) is 23.7. The number of Topliss-reactive ketones (excluding diaryl/α,β-unsaturated/α-hetero) is 1. The van der Waals surface area contributed by atoms with Crippen LogP contribution in [-0.2, 0) is 16.1 Å². The number of furan rings is 1. The van der Waals surface area contributed by atoms with Crippen molar-refractivity contribution in [3.63, 3.8) is 0 Å². The van der Waals surface area contributed by atoms with Gasteiger partial charge in [0.2, 0.25) is 0 Å². The maximum Gasteiger partial charge on any atom is 0.335 e. The zero-order valence-corrected chi connectivity index (χ0v) is 18.1. The maximum absolute atomic E-state index is 13.1. The normalized spacial score (nSPS) is 17.4. The highest BCUT2D eigenvalue weighted by Gasteiger charge is 2.47. The number of carboxylic acid groups (broad SMARTS) is 1. The van der Waals surface area contributed by atoms with Crippen molar-refractivity contribution in [1.29, 1.82) is 0 Å². The molecular formula is C24H18ClNO7. The Labute approximate surface area is 193 Å². The van der Waals surface area contributed by atoms with Crippen LogP contribution in [0.5, 0.6) is 5.75 Å². The molecule has 0 aliphatic carbocycles. The Hall–Kier alpha value is -4.04. The zero-order valence-electron chi connectivity index (χ0n) is 17.3. The number of aromatic carboxylic acids is 1. The highest BCUT2D eigenvalue weighted by molar-refractivity contribution is 6.46. The first-order chi connectivity index (χ1) is 15.8. The van der Waals surface area contributed by atoms with E-state index in [1.54, 1.807) is 36.4 Å². The van der Waals surface area contributed by atoms with Gasteiger partial charge >= 0.3 is 5.97 Å². The molecule has 2 heterocycles. The van der Waals surface area contributed by atoms with Crippen LogP contribution in [0.1, 0.15) is 33.3 Å². The highest BCUT2D eigenvalue weighted by atomic mass is 35.5. The van der Waals surface area contributed by atoms with Crippen LogP contribution in [0.4, 0.5) is 0 Å². The highest BCUT2D eigenvalue weighted by Crippen LogP contribution is 2.42. The number of aliphatic hydroxyl groups excluding tert-OH is 1. The summed E-state index contributed by atoms with van der Waals surface area (Å²) >= 11 is 6.08. The van der Waals surface area contributed by atoms with E-state index in [1.807, 2.05) is 0 Å². The number of benzene rings is 2. The monoisotopic (exact) mass is 467 g/mol. The van der Waals surface area contributed by atoms with E-state index >= 15 is 0 Å². The quantitative estimate of drug-likeness (QED) is 0.316. The first kappa shape index (κ1) is 22.2. The molecule has 1 unspecified atom stereocenters. The summed E-state index contributed by atoms with van der Waals surface area (Å²) in [6.45, 7) is -0.0146. The number of methoxy groups -OCH3 is 1. The van der Waals surface area contributed by atoms with Crippen molar-refractivity contribution in [2.24, 2.45) is 0 Å². The first-order valence-electron chi connectivity index (χ1n) is 9.79. The molecule has 1 fully saturated rings. The van der Waals surface area contributed by atoms with Crippen LogP contribution in [-0.4, -0.2) is 39.9 Å². The predicted octanol–water partition coefficient (Wildman–Crippen LogP) is 4.26. The molecule has 1 saturated heterocycles. The molecule has 1 amide bonds. The number of carboxylic acids is 1. The number of likely N-dealkylation sites (tertiary alicyclic amines) is 1. The lowest BCUT2D eigenvalue weighted by molar-refractivity contribution is -0.140. The third-order valence-corrected chi connectivity index (χ3v) is 5.56. The van der Waals surface area contributed by atoms with E-state index in [9.17, 15) is 19.5 Å². The number of aliphatic hydroxyl groups is 1. The van der Waals surface area contributed by atoms with Crippen LogP contribution in [0.2, 0.25) is 5.02 Å². The van der Waals surface area contributed by atoms with Crippen LogP contribution < -0.4 is 4.74 Å². The average Bonchev–Trinajstić information content (AvgIpc) is 3.42. The van der Waals surface area contributed by atoms with Gasteiger partial charge in [0, 0.05) is 11.6 Å². The van der Waals surface area contributed by atoms with E-state index in [-0.39, 0.29) is 34.8 Å². The maximum atomic E-state index is 13.1. The summed E-state index contributed by atoms with van der Waals surface area (Å²) < 4.78 is 10.8. The van der Waals surface area contributed by atoms with Crippen LogP contribution in [0, 0.1) is 0 Å². The topological polar surface area (TPSA) is 117 Å². The molecule has 2 aromatic carbocycles. The minimum atomic E-state index is -1.08. The predicted molar refractivity (Wildman–Crippen MR) is 118 cm³/mol. The number of halogens is 1. The van der Waals surface area contributed by atoms with E-state index in [0.717, 1.165) is 0 Å². The molecule has 0 spiro atoms. The summed E-state index contributed by atoms with van der Waals surface area (Å²) in [5.41, 5.74) is 0.679. The van der Waals surface area contributed by atoms with E-state index in [2.05, 4.69) is 0 Å². The van der Waals surface area contributed by atoms with E-state index in [0.29, 0.717) is 10.6 Å². The number of hydrogen-bond acceptors (Lipinski definition) is 6. The lowest BCUT2D eigenvalue weighted by Gasteiger charge is -2.23. The van der Waals surface area contributed by atoms with Gasteiger partial charge in [-0.05, 0) is 48.0 Å². The molecule has 0 bridgehead atoms. The summed E-state index contributed by atoms with van der Waals surface area (Å²) in [4.78, 5) is 38.4. The molecule has 33 heavy (non-hydrogen) atoms. The lowest BCUT2D eigenvalue weighted by atomic mass is 9.98. The van der Waals surface area contributed by atoms with Crippen LogP contribution in [0.25, 0.3) is 5.76 Å². The molecule has 1 atom stereocenters. The van der Waals surface area contributed by atoms with E-state index < -0.39 is 29.5 Å². The second-order valence-electron chi connectivity index (χ2n) is 7.29. The molecule has 1 aliphatic heterocycles. The standard InChI is InChI=1S/C24H18ClNO7/c1-32-17-9-8-15(25)11-16(17)21(27)19-20(18-3-2-10-33-18)26(23(29)22(19)28)12-13-4-6-14(7-5-13)24(30)31/h2-11,20,27H,12H2,1H3,(H,30,31)/b21-19-. The Morgan fingerprint density at radius 3 is 2.45 bits per heavy atom. The van der Waals surface area contributed by atoms with E-state index in [4.69, 9.17) is 25.9 Å². The Bertz CT molecular complexity index is 1260. The number of ketones is 1. The van der Waals surface area contributed by atoms with Gasteiger partial charge in [0.05, 0.1) is 30.1 Å². The fraction of sp³-hybridized carbons (Fsp3) is 0.125. The lowest BCUT2D eigenvalue weighted by Crippen LogP contribution is -2.29. The molecule has 168 valence electrons. The van der Waals surface area contributed by atoms with Crippen molar-refractivity contribution in [2.45, 2.75) is 12.6 Å². The van der Waals surface area contributed by atoms with Crippen molar-refractivity contribution >= 4 is 35.0 Å². The minimum Gasteiger partial charge on any atom is -0.507 e. The first-order valence-corrected chi connectivity index (χ1v) is 10.2. The molecule has 3 aromatic rings. The largest absolute Gasteiger partial charge is 0.507 e. The summed E-state index contributed by atoms with van der Waals surface area (Å²) in [5, 5.41) is 20.5. The molecular weight excluding hydrogens is 450 g/mol. The summed E-state index contributed by atoms with van der Waals surface area (Å²) in [6, 6.07) is 12.7. The number of nitrogens with zero attached hydrogens (tertiary/aromatic N) is 1. The number of hydrogen-bond donors (Lipinski definition) is 2. The number of carbonyl (C=O) groups excluding carboxylic acids is 2. The number of rotatable bonds is 6. The molecule has 1 aromatic heterocycles. The van der Waals surface area contributed by atoms with Crippen molar-refractivity contribution in [2.75, 3.05) is 7.11 Å². The smallest absolute Gasteiger partial charge is 0.335 e. The number of ether oxygens (including phenoxy) is 1. The van der Waals surface area contributed by atoms with Gasteiger partial charge in [-0.1, -0.05) is 23.7 Å². The van der Waals surface area contributed by atoms with Gasteiger partial charge in [-0.2, -0.15) is 0 Å². The number of amides is 1. The Morgan fingerprint density at radius 2 is 1.85 bits per heavy atom. The van der Waals surface area contributed by atoms with Crippen LogP contribution in [0.3, 0.4) is 0 Å². The van der Waals surface area contributed by atoms with Gasteiger partial charge in [0.25, 0.3) is 11.7 Å². The molecule has 9 heteroatoms. The SMILES string of the molecule is COc1ccc(Cl)cc1/C(O)=C1/C(=O)C(=O)N(Cc2ccc(C(=O)O)cc2)C1c1ccco1. The Kier molecular flexibility index (Phi) is 5.93. The van der Waals surface area contributed by atoms with Crippen LogP contribution in [0.15, 0.2) is 70.9 Å². The summed E-state index contributed by atoms with van der Waals surface area (Å²) in [7, 11) is 1.41.